The van der Waals surface area contributed by atoms with Gasteiger partial charge in [0.1, 0.15) is 6.04 Å². The first-order valence-electron chi connectivity index (χ1n) is 9.05. The number of rotatable bonds is 2. The Hall–Kier alpha value is -3.43. The summed E-state index contributed by atoms with van der Waals surface area (Å²) in [6.45, 7) is 0.0456. The van der Waals surface area contributed by atoms with E-state index in [2.05, 4.69) is 17.2 Å². The Kier molecular flexibility index (Phi) is 4.68. The van der Waals surface area contributed by atoms with Gasteiger partial charge in [0, 0.05) is 29.7 Å². The van der Waals surface area contributed by atoms with Gasteiger partial charge in [-0.1, -0.05) is 30.0 Å². The molecular weight excluding hydrogens is 356 g/mol. The van der Waals surface area contributed by atoms with Crippen LogP contribution in [0.2, 0.25) is 0 Å². The quantitative estimate of drug-likeness (QED) is 0.614. The van der Waals surface area contributed by atoms with Gasteiger partial charge in [0.05, 0.1) is 6.61 Å². The zero-order valence-corrected chi connectivity index (χ0v) is 15.1. The van der Waals surface area contributed by atoms with Crippen molar-refractivity contribution in [3.63, 3.8) is 0 Å². The van der Waals surface area contributed by atoms with Gasteiger partial charge in [-0.3, -0.25) is 19.7 Å². The Labute approximate surface area is 162 Å². The Bertz CT molecular complexity index is 1030. The fourth-order valence-corrected chi connectivity index (χ4v) is 3.58. The van der Waals surface area contributed by atoms with Crippen molar-refractivity contribution in [3.8, 4) is 11.8 Å². The number of carbonyl (C=O) groups excluding carboxylic acids is 3. The first-order chi connectivity index (χ1) is 13.6. The molecule has 6 heteroatoms. The molecule has 4 rings (SSSR count). The molecule has 2 aliphatic heterocycles. The van der Waals surface area contributed by atoms with Gasteiger partial charge in [-0.2, -0.15) is 0 Å². The average Bonchev–Trinajstić information content (AvgIpc) is 3.03. The second kappa shape index (κ2) is 7.29. The maximum Gasteiger partial charge on any atom is 0.255 e. The summed E-state index contributed by atoms with van der Waals surface area (Å²) < 4.78 is 0. The molecule has 2 aromatic carbocycles. The Balaban J connectivity index is 1.70. The number of nitrogens with zero attached hydrogens (tertiary/aromatic N) is 1. The van der Waals surface area contributed by atoms with Crippen molar-refractivity contribution in [1.82, 2.24) is 10.2 Å². The van der Waals surface area contributed by atoms with Crippen molar-refractivity contribution in [2.75, 3.05) is 0 Å². The van der Waals surface area contributed by atoms with E-state index in [1.54, 1.807) is 12.1 Å². The van der Waals surface area contributed by atoms with E-state index in [0.717, 1.165) is 11.1 Å². The third kappa shape index (κ3) is 3.28. The fraction of sp³-hybridized carbons (Fsp3) is 0.227. The number of amides is 3. The molecule has 0 bridgehead atoms. The van der Waals surface area contributed by atoms with E-state index in [4.69, 9.17) is 0 Å². The van der Waals surface area contributed by atoms with E-state index in [1.165, 1.54) is 4.90 Å². The predicted molar refractivity (Wildman–Crippen MR) is 101 cm³/mol. The molecule has 0 spiro atoms. The molecule has 0 saturated carbocycles. The number of aliphatic hydroxyl groups is 1. The lowest BCUT2D eigenvalue weighted by Gasteiger charge is -2.29. The maximum absolute atomic E-state index is 12.9. The molecule has 1 atom stereocenters. The van der Waals surface area contributed by atoms with Crippen LogP contribution in [0.5, 0.6) is 0 Å². The topological polar surface area (TPSA) is 86.7 Å². The highest BCUT2D eigenvalue weighted by atomic mass is 16.3. The van der Waals surface area contributed by atoms with Gasteiger partial charge in [-0.05, 0) is 41.8 Å². The van der Waals surface area contributed by atoms with Gasteiger partial charge >= 0.3 is 0 Å². The number of hydrogen-bond donors (Lipinski definition) is 2. The number of carbonyl (C=O) groups is 3. The zero-order valence-electron chi connectivity index (χ0n) is 15.1. The Morgan fingerprint density at radius 1 is 1.11 bits per heavy atom. The highest BCUT2D eigenvalue weighted by Gasteiger charge is 2.39. The van der Waals surface area contributed by atoms with Crippen molar-refractivity contribution >= 4 is 17.7 Å². The number of aliphatic hydroxyl groups excluding tert-OH is 1. The van der Waals surface area contributed by atoms with Crippen LogP contribution in [0.4, 0.5) is 0 Å². The minimum absolute atomic E-state index is 0.207. The predicted octanol–water partition coefficient (Wildman–Crippen LogP) is 1.34. The molecule has 2 heterocycles. The third-order valence-electron chi connectivity index (χ3n) is 5.01. The summed E-state index contributed by atoms with van der Waals surface area (Å²) in [6.07, 6.45) is 0.515. The first-order valence-corrected chi connectivity index (χ1v) is 9.05. The van der Waals surface area contributed by atoms with Gasteiger partial charge < -0.3 is 10.0 Å². The van der Waals surface area contributed by atoms with Gasteiger partial charge in [-0.15, -0.1) is 0 Å². The molecule has 0 aliphatic carbocycles. The van der Waals surface area contributed by atoms with Crippen molar-refractivity contribution in [2.45, 2.75) is 32.0 Å². The van der Waals surface area contributed by atoms with Crippen LogP contribution in [-0.2, 0) is 22.7 Å². The lowest BCUT2D eigenvalue weighted by Crippen LogP contribution is -2.52. The van der Waals surface area contributed by atoms with Crippen molar-refractivity contribution in [3.05, 3.63) is 70.3 Å². The van der Waals surface area contributed by atoms with Crippen LogP contribution in [0.25, 0.3) is 0 Å². The monoisotopic (exact) mass is 374 g/mol. The summed E-state index contributed by atoms with van der Waals surface area (Å²) in [6, 6.07) is 12.2. The molecule has 1 unspecified atom stereocenters. The van der Waals surface area contributed by atoms with Crippen molar-refractivity contribution < 1.29 is 19.5 Å². The van der Waals surface area contributed by atoms with Gasteiger partial charge in [0.2, 0.25) is 11.8 Å². The van der Waals surface area contributed by atoms with Crippen LogP contribution in [0.15, 0.2) is 42.5 Å². The lowest BCUT2D eigenvalue weighted by atomic mass is 9.99. The molecule has 2 N–H and O–H groups in total. The van der Waals surface area contributed by atoms with Crippen LogP contribution in [-0.4, -0.2) is 33.8 Å². The minimum Gasteiger partial charge on any atom is -0.392 e. The smallest absolute Gasteiger partial charge is 0.255 e. The summed E-state index contributed by atoms with van der Waals surface area (Å²) in [7, 11) is 0. The van der Waals surface area contributed by atoms with E-state index < -0.39 is 11.9 Å². The Morgan fingerprint density at radius 2 is 1.89 bits per heavy atom. The number of fused-ring (bicyclic) bond motifs is 1. The zero-order chi connectivity index (χ0) is 19.7. The average molecular weight is 374 g/mol. The summed E-state index contributed by atoms with van der Waals surface area (Å²) in [5, 5.41) is 11.9. The molecule has 3 amide bonds. The van der Waals surface area contributed by atoms with Gasteiger partial charge in [0.25, 0.3) is 5.91 Å². The molecule has 2 aliphatic rings. The normalized spacial score (nSPS) is 18.4. The molecule has 2 aromatic rings. The van der Waals surface area contributed by atoms with E-state index >= 15 is 0 Å². The SMILES string of the molecule is O=C1CCC(N2Cc3c(C#Cc4ccccc4)cc(CO)cc3C2=O)C(=O)N1. The highest BCUT2D eigenvalue weighted by molar-refractivity contribution is 6.05. The molecule has 6 nitrogen and oxygen atoms in total. The van der Waals surface area contributed by atoms with Crippen LogP contribution in [0.3, 0.4) is 0 Å². The molecule has 0 aromatic heterocycles. The molecular formula is C22H18N2O4. The second-order valence-corrected chi connectivity index (χ2v) is 6.84. The van der Waals surface area contributed by atoms with E-state index in [0.29, 0.717) is 23.1 Å². The number of imide groups is 1. The van der Waals surface area contributed by atoms with Crippen LogP contribution >= 0.6 is 0 Å². The van der Waals surface area contributed by atoms with Crippen molar-refractivity contribution in [2.24, 2.45) is 0 Å². The number of hydrogen-bond acceptors (Lipinski definition) is 4. The molecule has 1 fully saturated rings. The summed E-state index contributed by atoms with van der Waals surface area (Å²) in [5.74, 6) is 5.14. The number of piperidine rings is 1. The lowest BCUT2D eigenvalue weighted by molar-refractivity contribution is -0.136. The second-order valence-electron chi connectivity index (χ2n) is 6.84. The van der Waals surface area contributed by atoms with E-state index in [-0.39, 0.29) is 31.4 Å². The number of nitrogens with one attached hydrogen (secondary N) is 1. The first kappa shape index (κ1) is 18.0. The third-order valence-corrected chi connectivity index (χ3v) is 5.01. The summed E-state index contributed by atoms with van der Waals surface area (Å²) in [4.78, 5) is 38.1. The highest BCUT2D eigenvalue weighted by Crippen LogP contribution is 2.30. The van der Waals surface area contributed by atoms with Crippen LogP contribution in [0.1, 0.15) is 45.5 Å². The minimum atomic E-state index is -0.676. The van der Waals surface area contributed by atoms with Crippen LogP contribution < -0.4 is 5.32 Å². The molecule has 1 saturated heterocycles. The summed E-state index contributed by atoms with van der Waals surface area (Å²) in [5.41, 5.74) is 3.30. The van der Waals surface area contributed by atoms with Gasteiger partial charge in [0.15, 0.2) is 0 Å². The Morgan fingerprint density at radius 3 is 2.61 bits per heavy atom. The maximum atomic E-state index is 12.9. The molecule has 140 valence electrons. The standard InChI is InChI=1S/C22H18N2O4/c25-13-15-10-16(7-6-14-4-2-1-3-5-14)18-12-24(22(28)17(18)11-15)19-8-9-20(26)23-21(19)27/h1-5,10-11,19,25H,8-9,12-13H2,(H,23,26,27). The van der Waals surface area contributed by atoms with Crippen LogP contribution in [0, 0.1) is 11.8 Å². The van der Waals surface area contributed by atoms with E-state index in [1.807, 2.05) is 30.3 Å². The summed E-state index contributed by atoms with van der Waals surface area (Å²) >= 11 is 0. The van der Waals surface area contributed by atoms with Crippen molar-refractivity contribution in [1.29, 1.82) is 0 Å². The van der Waals surface area contributed by atoms with Gasteiger partial charge in [-0.25, -0.2) is 0 Å². The molecule has 28 heavy (non-hydrogen) atoms. The molecule has 0 radical (unpaired) electrons. The van der Waals surface area contributed by atoms with E-state index in [9.17, 15) is 19.5 Å². The largest absolute Gasteiger partial charge is 0.392 e. The fourth-order valence-electron chi connectivity index (χ4n) is 3.58. The number of benzene rings is 2.